The second-order valence-corrected chi connectivity index (χ2v) is 7.52. The minimum atomic E-state index is -0.301. The number of benzene rings is 2. The molecule has 0 radical (unpaired) electrons. The summed E-state index contributed by atoms with van der Waals surface area (Å²) in [4.78, 5) is 26.8. The first kappa shape index (κ1) is 21.6. The highest BCUT2D eigenvalue weighted by molar-refractivity contribution is 6.40. The van der Waals surface area contributed by atoms with E-state index in [9.17, 15) is 4.79 Å². The van der Waals surface area contributed by atoms with Gasteiger partial charge in [-0.05, 0) is 30.3 Å². The topological polar surface area (TPSA) is 94.5 Å². The van der Waals surface area contributed by atoms with Crippen LogP contribution in [0, 0.1) is 0 Å². The van der Waals surface area contributed by atoms with Crippen molar-refractivity contribution in [3.63, 3.8) is 0 Å². The van der Waals surface area contributed by atoms with E-state index in [0.717, 1.165) is 0 Å². The van der Waals surface area contributed by atoms with Gasteiger partial charge in [-0.15, -0.1) is 0 Å². The van der Waals surface area contributed by atoms with Crippen LogP contribution in [0.25, 0.3) is 0 Å². The molecule has 0 aliphatic carbocycles. The fourth-order valence-electron chi connectivity index (χ4n) is 3.09. The highest BCUT2D eigenvalue weighted by atomic mass is 35.5. The van der Waals surface area contributed by atoms with E-state index in [-0.39, 0.29) is 5.91 Å². The highest BCUT2D eigenvalue weighted by Crippen LogP contribution is 2.31. The van der Waals surface area contributed by atoms with Gasteiger partial charge in [-0.25, -0.2) is 9.97 Å². The van der Waals surface area contributed by atoms with Gasteiger partial charge in [0.05, 0.1) is 33.7 Å². The number of para-hydroxylation sites is 3. The normalized spacial score (nSPS) is 12.8. The number of guanidine groups is 1. The molecule has 32 heavy (non-hydrogen) atoms. The molecule has 0 bridgehead atoms. The molecule has 8 nitrogen and oxygen atoms in total. The summed E-state index contributed by atoms with van der Waals surface area (Å²) in [5.74, 6) is 1.48. The van der Waals surface area contributed by atoms with Gasteiger partial charge in [0.1, 0.15) is 18.0 Å². The molecule has 2 aromatic carbocycles. The number of hydrogen-bond acceptors (Lipinski definition) is 7. The largest absolute Gasteiger partial charge is 0.338 e. The fraction of sp³-hybridized carbons (Fsp3) is 0.0909. The molecule has 3 N–H and O–H groups in total. The average molecular weight is 468 g/mol. The molecule has 1 aliphatic rings. The van der Waals surface area contributed by atoms with Crippen molar-refractivity contribution in [3.8, 4) is 0 Å². The van der Waals surface area contributed by atoms with Gasteiger partial charge in [0.25, 0.3) is 0 Å². The maximum Gasteiger partial charge on any atom is 0.247 e. The van der Waals surface area contributed by atoms with E-state index in [1.165, 1.54) is 12.4 Å². The molecule has 1 amide bonds. The van der Waals surface area contributed by atoms with Crippen LogP contribution in [0.2, 0.25) is 10.0 Å². The number of nitrogens with zero attached hydrogens (tertiary/aromatic N) is 4. The zero-order valence-electron chi connectivity index (χ0n) is 16.8. The number of halogens is 2. The summed E-state index contributed by atoms with van der Waals surface area (Å²) >= 11 is 12.6. The van der Waals surface area contributed by atoms with Crippen LogP contribution >= 0.6 is 23.2 Å². The van der Waals surface area contributed by atoms with E-state index in [2.05, 4.69) is 37.5 Å². The predicted octanol–water partition coefficient (Wildman–Crippen LogP) is 4.94. The molecule has 162 valence electrons. The van der Waals surface area contributed by atoms with Crippen molar-refractivity contribution in [3.05, 3.63) is 77.6 Å². The van der Waals surface area contributed by atoms with Crippen molar-refractivity contribution in [2.24, 2.45) is 4.99 Å². The van der Waals surface area contributed by atoms with E-state index < -0.39 is 0 Å². The smallest absolute Gasteiger partial charge is 0.247 e. The summed E-state index contributed by atoms with van der Waals surface area (Å²) in [7, 11) is 0. The Bertz CT molecular complexity index is 1180. The van der Waals surface area contributed by atoms with Gasteiger partial charge in [0, 0.05) is 12.6 Å². The van der Waals surface area contributed by atoms with E-state index >= 15 is 0 Å². The van der Waals surface area contributed by atoms with E-state index in [0.29, 0.717) is 57.8 Å². The van der Waals surface area contributed by atoms with Gasteiger partial charge >= 0.3 is 0 Å². The van der Waals surface area contributed by atoms with Crippen LogP contribution in [0.3, 0.4) is 0 Å². The SMILES string of the molecule is C=CC(=O)Nc1ccccc1Nc1cc(N2CCN=C2Nc2c(Cl)cccc2Cl)ncn1. The zero-order chi connectivity index (χ0) is 22.5. The molecule has 2 heterocycles. The summed E-state index contributed by atoms with van der Waals surface area (Å²) in [6, 6.07) is 14.4. The molecule has 0 atom stereocenters. The minimum Gasteiger partial charge on any atom is -0.338 e. The summed E-state index contributed by atoms with van der Waals surface area (Å²) in [5, 5.41) is 10.2. The molecule has 0 spiro atoms. The van der Waals surface area contributed by atoms with E-state index in [1.807, 2.05) is 23.1 Å². The first-order valence-corrected chi connectivity index (χ1v) is 10.5. The quantitative estimate of drug-likeness (QED) is 0.444. The number of aromatic nitrogens is 2. The van der Waals surface area contributed by atoms with Crippen LogP contribution in [0.5, 0.6) is 0 Å². The van der Waals surface area contributed by atoms with Gasteiger partial charge < -0.3 is 16.0 Å². The van der Waals surface area contributed by atoms with Crippen LogP contribution in [-0.2, 0) is 4.79 Å². The van der Waals surface area contributed by atoms with Crippen molar-refractivity contribution < 1.29 is 4.79 Å². The van der Waals surface area contributed by atoms with Crippen molar-refractivity contribution in [1.82, 2.24) is 9.97 Å². The second kappa shape index (κ2) is 9.67. The van der Waals surface area contributed by atoms with Gasteiger partial charge in [-0.1, -0.05) is 48.0 Å². The van der Waals surface area contributed by atoms with Crippen molar-refractivity contribution in [2.75, 3.05) is 33.9 Å². The Kier molecular flexibility index (Phi) is 6.53. The molecule has 0 unspecified atom stereocenters. The molecule has 0 saturated carbocycles. The Balaban J connectivity index is 1.55. The Labute approximate surface area is 195 Å². The number of hydrogen-bond donors (Lipinski definition) is 3. The third-order valence-electron chi connectivity index (χ3n) is 4.60. The number of nitrogens with one attached hydrogen (secondary N) is 3. The third kappa shape index (κ3) is 4.82. The first-order valence-electron chi connectivity index (χ1n) is 9.69. The standard InChI is InChI=1S/C22H19Cl2N7O/c1-2-20(32)29-17-9-4-3-8-16(17)28-18-12-19(27-13-26-18)31-11-10-25-22(31)30-21-14(23)6-5-7-15(21)24/h2-9,12-13H,1,10-11H2,(H,25,30)(H,29,32)(H,26,27,28). The first-order chi connectivity index (χ1) is 15.5. The Morgan fingerprint density at radius 1 is 1.03 bits per heavy atom. The van der Waals surface area contributed by atoms with Crippen LogP contribution in [0.1, 0.15) is 0 Å². The van der Waals surface area contributed by atoms with Gasteiger partial charge in [0.15, 0.2) is 0 Å². The molecular weight excluding hydrogens is 449 g/mol. The number of carbonyl (C=O) groups is 1. The molecule has 1 aromatic heterocycles. The zero-order valence-corrected chi connectivity index (χ0v) is 18.4. The number of amides is 1. The summed E-state index contributed by atoms with van der Waals surface area (Å²) in [6.07, 6.45) is 2.67. The molecule has 4 rings (SSSR count). The lowest BCUT2D eigenvalue weighted by molar-refractivity contribution is -0.111. The molecule has 1 aliphatic heterocycles. The second-order valence-electron chi connectivity index (χ2n) is 6.70. The highest BCUT2D eigenvalue weighted by Gasteiger charge is 2.22. The summed E-state index contributed by atoms with van der Waals surface area (Å²) < 4.78 is 0. The van der Waals surface area contributed by atoms with Crippen LogP contribution in [0.4, 0.5) is 28.7 Å². The lowest BCUT2D eigenvalue weighted by Crippen LogP contribution is -2.34. The fourth-order valence-corrected chi connectivity index (χ4v) is 3.58. The van der Waals surface area contributed by atoms with Crippen LogP contribution < -0.4 is 20.9 Å². The van der Waals surface area contributed by atoms with Gasteiger partial charge in [-0.2, -0.15) is 0 Å². The Morgan fingerprint density at radius 3 is 2.53 bits per heavy atom. The molecule has 10 heteroatoms. The molecular formula is C22H19Cl2N7O. The maximum absolute atomic E-state index is 11.7. The predicted molar refractivity (Wildman–Crippen MR) is 130 cm³/mol. The van der Waals surface area contributed by atoms with Gasteiger partial charge in [-0.3, -0.25) is 14.7 Å². The van der Waals surface area contributed by atoms with E-state index in [1.54, 1.807) is 30.3 Å². The lowest BCUT2D eigenvalue weighted by atomic mass is 10.2. The Hall–Kier alpha value is -3.62. The lowest BCUT2D eigenvalue weighted by Gasteiger charge is -2.21. The summed E-state index contributed by atoms with van der Waals surface area (Å²) in [6.45, 7) is 4.70. The van der Waals surface area contributed by atoms with Crippen molar-refractivity contribution in [2.45, 2.75) is 0 Å². The molecule has 3 aromatic rings. The van der Waals surface area contributed by atoms with Crippen molar-refractivity contribution in [1.29, 1.82) is 0 Å². The monoisotopic (exact) mass is 467 g/mol. The van der Waals surface area contributed by atoms with Crippen molar-refractivity contribution >= 4 is 63.8 Å². The maximum atomic E-state index is 11.7. The summed E-state index contributed by atoms with van der Waals surface area (Å²) in [5.41, 5.74) is 1.88. The third-order valence-corrected chi connectivity index (χ3v) is 5.23. The molecule has 0 saturated heterocycles. The van der Waals surface area contributed by atoms with E-state index in [4.69, 9.17) is 23.2 Å². The number of aliphatic imine (C=N–C) groups is 1. The number of rotatable bonds is 6. The molecule has 0 fully saturated rings. The number of carbonyl (C=O) groups excluding carboxylic acids is 1. The van der Waals surface area contributed by atoms with Crippen LogP contribution in [-0.4, -0.2) is 34.9 Å². The Morgan fingerprint density at radius 2 is 1.78 bits per heavy atom. The average Bonchev–Trinajstić information content (AvgIpc) is 3.26. The number of anilines is 5. The van der Waals surface area contributed by atoms with Crippen LogP contribution in [0.15, 0.2) is 72.5 Å². The minimum absolute atomic E-state index is 0.301. The van der Waals surface area contributed by atoms with Gasteiger partial charge in [0.2, 0.25) is 11.9 Å².